The lowest BCUT2D eigenvalue weighted by Crippen LogP contribution is -2.15. The van der Waals surface area contributed by atoms with Crippen LogP contribution < -0.4 is 11.1 Å². The Bertz CT molecular complexity index is 296. The molecule has 0 unspecified atom stereocenters. The van der Waals surface area contributed by atoms with Crippen molar-refractivity contribution in [1.29, 1.82) is 0 Å². The second kappa shape index (κ2) is 4.91. The molecule has 1 aromatic heterocycles. The lowest BCUT2D eigenvalue weighted by molar-refractivity contribution is 0.766. The molecule has 3 N–H and O–H groups in total. The van der Waals surface area contributed by atoms with Crippen molar-refractivity contribution in [2.75, 3.05) is 18.4 Å². The molecular formula is C10H18N4. The lowest BCUT2D eigenvalue weighted by atomic mass is 10.2. The number of nitrogens with zero attached hydrogens (tertiary/aromatic N) is 2. The van der Waals surface area contributed by atoms with Crippen LogP contribution in [0, 0.1) is 6.92 Å². The van der Waals surface area contributed by atoms with Gasteiger partial charge >= 0.3 is 0 Å². The van der Waals surface area contributed by atoms with Gasteiger partial charge in [-0.05, 0) is 6.92 Å². The molecule has 0 aliphatic heterocycles. The summed E-state index contributed by atoms with van der Waals surface area (Å²) < 4.78 is 0. The van der Waals surface area contributed by atoms with Crippen LogP contribution in [0.15, 0.2) is 6.07 Å². The highest BCUT2D eigenvalue weighted by molar-refractivity contribution is 5.36. The average molecular weight is 194 g/mol. The molecule has 0 amide bonds. The largest absolute Gasteiger partial charge is 0.369 e. The van der Waals surface area contributed by atoms with E-state index in [1.165, 1.54) is 0 Å². The average Bonchev–Trinajstić information content (AvgIpc) is 2.14. The summed E-state index contributed by atoms with van der Waals surface area (Å²) in [6.07, 6.45) is 0. The van der Waals surface area contributed by atoms with Crippen LogP contribution in [0.4, 0.5) is 5.82 Å². The van der Waals surface area contributed by atoms with E-state index in [-0.39, 0.29) is 0 Å². The number of nitrogens with two attached hydrogens (primary N) is 1. The molecule has 0 saturated heterocycles. The minimum atomic E-state index is 0.355. The van der Waals surface area contributed by atoms with E-state index < -0.39 is 0 Å². The standard InChI is InChI=1S/C10H18N4/c1-7(2)10-13-8(3)6-9(14-10)12-5-4-11/h6-7H,4-5,11H2,1-3H3,(H,12,13,14). The van der Waals surface area contributed by atoms with Crippen LogP contribution in [0.25, 0.3) is 0 Å². The van der Waals surface area contributed by atoms with Gasteiger partial charge in [-0.25, -0.2) is 9.97 Å². The molecule has 4 heteroatoms. The third-order valence-electron chi connectivity index (χ3n) is 1.84. The first-order valence-electron chi connectivity index (χ1n) is 4.93. The van der Waals surface area contributed by atoms with E-state index in [0.29, 0.717) is 12.5 Å². The molecule has 1 rings (SSSR count). The fraction of sp³-hybridized carbons (Fsp3) is 0.600. The van der Waals surface area contributed by atoms with Gasteiger partial charge in [-0.1, -0.05) is 13.8 Å². The molecule has 0 aromatic carbocycles. The number of anilines is 1. The van der Waals surface area contributed by atoms with Crippen LogP contribution in [0.3, 0.4) is 0 Å². The number of nitrogens with one attached hydrogen (secondary N) is 1. The summed E-state index contributed by atoms with van der Waals surface area (Å²) >= 11 is 0. The zero-order chi connectivity index (χ0) is 10.6. The van der Waals surface area contributed by atoms with Crippen LogP contribution in [-0.4, -0.2) is 23.1 Å². The van der Waals surface area contributed by atoms with E-state index in [9.17, 15) is 0 Å². The monoisotopic (exact) mass is 194 g/mol. The summed E-state index contributed by atoms with van der Waals surface area (Å²) in [5.74, 6) is 2.10. The maximum absolute atomic E-state index is 5.41. The van der Waals surface area contributed by atoms with Gasteiger partial charge in [0.15, 0.2) is 0 Å². The Kier molecular flexibility index (Phi) is 3.83. The van der Waals surface area contributed by atoms with Gasteiger partial charge in [0.25, 0.3) is 0 Å². The first-order valence-corrected chi connectivity index (χ1v) is 4.93. The predicted octanol–water partition coefficient (Wildman–Crippen LogP) is 1.28. The second-order valence-electron chi connectivity index (χ2n) is 3.62. The highest BCUT2D eigenvalue weighted by Gasteiger charge is 2.05. The molecule has 0 aliphatic carbocycles. The molecule has 78 valence electrons. The molecule has 4 nitrogen and oxygen atoms in total. The van der Waals surface area contributed by atoms with Crippen molar-refractivity contribution in [3.05, 3.63) is 17.6 Å². The molecule has 0 radical (unpaired) electrons. The number of rotatable bonds is 4. The number of aromatic nitrogens is 2. The van der Waals surface area contributed by atoms with E-state index >= 15 is 0 Å². The van der Waals surface area contributed by atoms with Crippen molar-refractivity contribution in [2.24, 2.45) is 5.73 Å². The first kappa shape index (κ1) is 10.9. The van der Waals surface area contributed by atoms with Gasteiger partial charge < -0.3 is 11.1 Å². The van der Waals surface area contributed by atoms with Crippen LogP contribution >= 0.6 is 0 Å². The second-order valence-corrected chi connectivity index (χ2v) is 3.62. The molecular weight excluding hydrogens is 176 g/mol. The smallest absolute Gasteiger partial charge is 0.133 e. The van der Waals surface area contributed by atoms with E-state index in [0.717, 1.165) is 23.9 Å². The van der Waals surface area contributed by atoms with Crippen molar-refractivity contribution in [1.82, 2.24) is 9.97 Å². The van der Waals surface area contributed by atoms with Crippen molar-refractivity contribution in [3.63, 3.8) is 0 Å². The van der Waals surface area contributed by atoms with E-state index in [1.807, 2.05) is 13.0 Å². The zero-order valence-electron chi connectivity index (χ0n) is 9.04. The molecule has 1 aromatic rings. The van der Waals surface area contributed by atoms with Crippen LogP contribution in [0.2, 0.25) is 0 Å². The molecule has 0 spiro atoms. The summed E-state index contributed by atoms with van der Waals surface area (Å²) in [7, 11) is 0. The third kappa shape index (κ3) is 2.96. The number of hydrogen-bond acceptors (Lipinski definition) is 4. The van der Waals surface area contributed by atoms with Gasteiger partial charge in [0.05, 0.1) is 0 Å². The Morgan fingerprint density at radius 2 is 2.14 bits per heavy atom. The fourth-order valence-corrected chi connectivity index (χ4v) is 1.14. The molecule has 0 atom stereocenters. The summed E-state index contributed by atoms with van der Waals surface area (Å²) in [6, 6.07) is 1.93. The van der Waals surface area contributed by atoms with Crippen molar-refractivity contribution in [2.45, 2.75) is 26.7 Å². The Morgan fingerprint density at radius 1 is 1.43 bits per heavy atom. The lowest BCUT2D eigenvalue weighted by Gasteiger charge is -2.09. The summed E-state index contributed by atoms with van der Waals surface area (Å²) in [6.45, 7) is 7.50. The van der Waals surface area contributed by atoms with E-state index in [4.69, 9.17) is 5.73 Å². The van der Waals surface area contributed by atoms with Crippen LogP contribution in [0.5, 0.6) is 0 Å². The Morgan fingerprint density at radius 3 is 2.71 bits per heavy atom. The van der Waals surface area contributed by atoms with Crippen molar-refractivity contribution < 1.29 is 0 Å². The normalized spacial score (nSPS) is 10.6. The van der Waals surface area contributed by atoms with Gasteiger partial charge in [0.2, 0.25) is 0 Å². The molecule has 1 heterocycles. The van der Waals surface area contributed by atoms with Gasteiger partial charge in [-0.3, -0.25) is 0 Å². The summed E-state index contributed by atoms with van der Waals surface area (Å²) in [5.41, 5.74) is 6.40. The summed E-state index contributed by atoms with van der Waals surface area (Å²) in [5, 5.41) is 3.15. The van der Waals surface area contributed by atoms with Crippen molar-refractivity contribution >= 4 is 5.82 Å². The molecule has 0 aliphatic rings. The van der Waals surface area contributed by atoms with E-state index in [2.05, 4.69) is 29.1 Å². The fourth-order valence-electron chi connectivity index (χ4n) is 1.14. The molecule has 0 fully saturated rings. The van der Waals surface area contributed by atoms with Crippen LogP contribution in [-0.2, 0) is 0 Å². The van der Waals surface area contributed by atoms with Gasteiger partial charge in [-0.15, -0.1) is 0 Å². The molecule has 14 heavy (non-hydrogen) atoms. The van der Waals surface area contributed by atoms with Gasteiger partial charge in [0, 0.05) is 30.8 Å². The maximum Gasteiger partial charge on any atom is 0.133 e. The quantitative estimate of drug-likeness (QED) is 0.758. The Hall–Kier alpha value is -1.16. The minimum Gasteiger partial charge on any atom is -0.369 e. The van der Waals surface area contributed by atoms with Crippen molar-refractivity contribution in [3.8, 4) is 0 Å². The highest BCUT2D eigenvalue weighted by Crippen LogP contribution is 2.12. The number of aryl methyl sites for hydroxylation is 1. The van der Waals surface area contributed by atoms with E-state index in [1.54, 1.807) is 0 Å². The van der Waals surface area contributed by atoms with Crippen LogP contribution in [0.1, 0.15) is 31.3 Å². The summed E-state index contributed by atoms with van der Waals surface area (Å²) in [4.78, 5) is 8.75. The predicted molar refractivity (Wildman–Crippen MR) is 58.4 cm³/mol. The van der Waals surface area contributed by atoms with Gasteiger partial charge in [0.1, 0.15) is 11.6 Å². The Balaban J connectivity index is 2.84. The first-order chi connectivity index (χ1) is 6.63. The SMILES string of the molecule is Cc1cc(NCCN)nc(C(C)C)n1. The minimum absolute atomic E-state index is 0.355. The maximum atomic E-state index is 5.41. The molecule has 0 bridgehead atoms. The Labute approximate surface area is 85.0 Å². The topological polar surface area (TPSA) is 63.8 Å². The number of hydrogen-bond donors (Lipinski definition) is 2. The highest BCUT2D eigenvalue weighted by atomic mass is 15.0. The third-order valence-corrected chi connectivity index (χ3v) is 1.84. The molecule has 0 saturated carbocycles. The van der Waals surface area contributed by atoms with Gasteiger partial charge in [-0.2, -0.15) is 0 Å². The zero-order valence-corrected chi connectivity index (χ0v) is 9.04.